The molecule has 3 N–H and O–H groups in total. The zero-order valence-corrected chi connectivity index (χ0v) is 20.6. The Labute approximate surface area is 207 Å². The fourth-order valence-corrected chi connectivity index (χ4v) is 4.65. The lowest BCUT2D eigenvalue weighted by atomic mass is 9.98. The van der Waals surface area contributed by atoms with E-state index in [2.05, 4.69) is 34.9 Å². The van der Waals surface area contributed by atoms with Crippen molar-refractivity contribution < 1.29 is 24.2 Å². The first-order valence-corrected chi connectivity index (χ1v) is 12.5. The molecule has 0 saturated carbocycles. The van der Waals surface area contributed by atoms with Gasteiger partial charge < -0.3 is 20.5 Å². The summed E-state index contributed by atoms with van der Waals surface area (Å²) < 4.78 is 5.63. The minimum absolute atomic E-state index is 0.0100. The molecule has 0 bridgehead atoms. The number of nitrogens with one attached hydrogen (secondary N) is 2. The van der Waals surface area contributed by atoms with Crippen molar-refractivity contribution in [2.24, 2.45) is 5.92 Å². The van der Waals surface area contributed by atoms with Crippen molar-refractivity contribution in [2.45, 2.75) is 64.3 Å². The van der Waals surface area contributed by atoms with E-state index in [1.165, 1.54) is 11.1 Å². The van der Waals surface area contributed by atoms with Gasteiger partial charge in [0, 0.05) is 31.3 Å². The van der Waals surface area contributed by atoms with Gasteiger partial charge in [0.15, 0.2) is 0 Å². The number of aliphatic carboxylic acids is 1. The summed E-state index contributed by atoms with van der Waals surface area (Å²) in [5, 5.41) is 14.5. The van der Waals surface area contributed by atoms with Gasteiger partial charge in [-0.15, -0.1) is 0 Å². The van der Waals surface area contributed by atoms with E-state index in [0.29, 0.717) is 19.4 Å². The predicted molar refractivity (Wildman–Crippen MR) is 135 cm³/mol. The fraction of sp³-hybridized carbons (Fsp3) is 0.464. The molecule has 3 rings (SSSR count). The van der Waals surface area contributed by atoms with Crippen molar-refractivity contribution >= 4 is 18.0 Å². The van der Waals surface area contributed by atoms with Crippen LogP contribution in [0.3, 0.4) is 0 Å². The summed E-state index contributed by atoms with van der Waals surface area (Å²) in [6.45, 7) is 4.71. The molecule has 2 aromatic rings. The number of hydrogen-bond acceptors (Lipinski definition) is 4. The van der Waals surface area contributed by atoms with Crippen LogP contribution in [0.1, 0.15) is 69.4 Å². The number of alkyl carbamates (subject to hydrolysis) is 1. The van der Waals surface area contributed by atoms with Crippen LogP contribution in [0.15, 0.2) is 48.5 Å². The van der Waals surface area contributed by atoms with Crippen LogP contribution in [0.4, 0.5) is 4.79 Å². The molecule has 0 fully saturated rings. The van der Waals surface area contributed by atoms with Gasteiger partial charge in [0.05, 0.1) is 0 Å². The molecule has 0 saturated heterocycles. The molecule has 7 nitrogen and oxygen atoms in total. The fourth-order valence-electron chi connectivity index (χ4n) is 4.65. The Kier molecular flexibility index (Phi) is 9.70. The van der Waals surface area contributed by atoms with Crippen LogP contribution in [0.25, 0.3) is 11.1 Å². The first-order valence-electron chi connectivity index (χ1n) is 12.5. The number of fused-ring (bicyclic) bond motifs is 3. The van der Waals surface area contributed by atoms with Crippen LogP contribution in [0.5, 0.6) is 0 Å². The van der Waals surface area contributed by atoms with Crippen LogP contribution in [-0.4, -0.2) is 42.3 Å². The van der Waals surface area contributed by atoms with E-state index in [1.54, 1.807) is 0 Å². The molecule has 2 aromatic carbocycles. The molecule has 2 amide bonds. The first-order chi connectivity index (χ1) is 16.9. The van der Waals surface area contributed by atoms with E-state index in [4.69, 9.17) is 9.84 Å². The lowest BCUT2D eigenvalue weighted by molar-refractivity contribution is -0.137. The molecular formula is C28H36N2O5. The molecular weight excluding hydrogens is 444 g/mol. The van der Waals surface area contributed by atoms with E-state index in [-0.39, 0.29) is 43.2 Å². The second-order valence-electron chi connectivity index (χ2n) is 9.34. The molecule has 0 aliphatic heterocycles. The van der Waals surface area contributed by atoms with Gasteiger partial charge in [-0.05, 0) is 47.4 Å². The third-order valence-corrected chi connectivity index (χ3v) is 6.54. The quantitative estimate of drug-likeness (QED) is 0.370. The number of carbonyl (C=O) groups excluding carboxylic acids is 2. The highest BCUT2D eigenvalue weighted by molar-refractivity contribution is 5.79. The Hall–Kier alpha value is -3.35. The van der Waals surface area contributed by atoms with Gasteiger partial charge in [-0.3, -0.25) is 9.59 Å². The third-order valence-electron chi connectivity index (χ3n) is 6.54. The molecule has 188 valence electrons. The van der Waals surface area contributed by atoms with Crippen molar-refractivity contribution in [2.75, 3.05) is 13.2 Å². The highest BCUT2D eigenvalue weighted by Crippen LogP contribution is 2.44. The Balaban J connectivity index is 1.47. The summed E-state index contributed by atoms with van der Waals surface area (Å²) in [7, 11) is 0. The summed E-state index contributed by atoms with van der Waals surface area (Å²) in [5.74, 6) is -0.726. The van der Waals surface area contributed by atoms with Gasteiger partial charge >= 0.3 is 12.1 Å². The number of hydrogen-bond donors (Lipinski definition) is 3. The van der Waals surface area contributed by atoms with Crippen molar-refractivity contribution in [1.29, 1.82) is 0 Å². The monoisotopic (exact) mass is 480 g/mol. The molecule has 0 spiro atoms. The molecule has 1 aliphatic rings. The maximum absolute atomic E-state index is 12.6. The summed E-state index contributed by atoms with van der Waals surface area (Å²) in [4.78, 5) is 35.7. The predicted octanol–water partition coefficient (Wildman–Crippen LogP) is 5.09. The van der Waals surface area contributed by atoms with Crippen LogP contribution in [0.2, 0.25) is 0 Å². The number of rotatable bonds is 13. The van der Waals surface area contributed by atoms with E-state index >= 15 is 0 Å². The number of benzene rings is 2. The third kappa shape index (κ3) is 7.57. The number of ether oxygens (including phenoxy) is 1. The number of carboxylic acids is 1. The van der Waals surface area contributed by atoms with Crippen LogP contribution in [-0.2, 0) is 14.3 Å². The standard InChI is InChI=1S/C28H36N2O5/c1-3-8-20(17-26(31)29-16-15-19(2)13-14-27(32)33)30-28(34)35-18-25-23-11-6-4-9-21(23)22-10-5-7-12-24(22)25/h4-7,9-12,19-20,25H,3,8,13-18H2,1-2H3,(H,29,31)(H,30,34)(H,32,33). The second kappa shape index (κ2) is 12.9. The van der Waals surface area contributed by atoms with Crippen LogP contribution < -0.4 is 10.6 Å². The maximum Gasteiger partial charge on any atom is 0.407 e. The van der Waals surface area contributed by atoms with Gasteiger partial charge in [-0.2, -0.15) is 0 Å². The van der Waals surface area contributed by atoms with E-state index < -0.39 is 12.1 Å². The molecule has 7 heteroatoms. The van der Waals surface area contributed by atoms with Gasteiger partial charge in [-0.1, -0.05) is 68.8 Å². The van der Waals surface area contributed by atoms with E-state index in [0.717, 1.165) is 24.0 Å². The maximum atomic E-state index is 12.6. The Morgan fingerprint density at radius 2 is 1.60 bits per heavy atom. The highest BCUT2D eigenvalue weighted by Gasteiger charge is 2.29. The molecule has 2 atom stereocenters. The van der Waals surface area contributed by atoms with Crippen molar-refractivity contribution in [1.82, 2.24) is 10.6 Å². The summed E-state index contributed by atoms with van der Waals surface area (Å²) in [6.07, 6.45) is 2.62. The topological polar surface area (TPSA) is 105 Å². The van der Waals surface area contributed by atoms with Gasteiger partial charge in [0.2, 0.25) is 5.91 Å². The Morgan fingerprint density at radius 3 is 2.20 bits per heavy atom. The Morgan fingerprint density at radius 1 is 0.971 bits per heavy atom. The van der Waals surface area contributed by atoms with E-state index in [9.17, 15) is 14.4 Å². The SMILES string of the molecule is CCCC(CC(=O)NCCC(C)CCC(=O)O)NC(=O)OCC1c2ccccc2-c2ccccc21. The minimum atomic E-state index is -0.803. The number of carbonyl (C=O) groups is 3. The lowest BCUT2D eigenvalue weighted by Crippen LogP contribution is -2.40. The zero-order chi connectivity index (χ0) is 25.2. The van der Waals surface area contributed by atoms with Gasteiger partial charge in [-0.25, -0.2) is 4.79 Å². The largest absolute Gasteiger partial charge is 0.481 e. The molecule has 0 aromatic heterocycles. The lowest BCUT2D eigenvalue weighted by Gasteiger charge is -2.20. The minimum Gasteiger partial charge on any atom is -0.481 e. The second-order valence-corrected chi connectivity index (χ2v) is 9.34. The molecule has 2 unspecified atom stereocenters. The molecule has 0 radical (unpaired) electrons. The van der Waals surface area contributed by atoms with Crippen molar-refractivity contribution in [3.8, 4) is 11.1 Å². The number of carboxylic acid groups (broad SMARTS) is 1. The Bertz CT molecular complexity index is 976. The van der Waals surface area contributed by atoms with Gasteiger partial charge in [0.1, 0.15) is 6.61 Å². The van der Waals surface area contributed by atoms with Crippen molar-refractivity contribution in [3.05, 3.63) is 59.7 Å². The van der Waals surface area contributed by atoms with Crippen LogP contribution in [0, 0.1) is 5.92 Å². The smallest absolute Gasteiger partial charge is 0.407 e. The number of amides is 2. The normalized spacial score (nSPS) is 13.9. The van der Waals surface area contributed by atoms with Crippen LogP contribution >= 0.6 is 0 Å². The van der Waals surface area contributed by atoms with Crippen molar-refractivity contribution in [3.63, 3.8) is 0 Å². The van der Waals surface area contributed by atoms with E-state index in [1.807, 2.05) is 38.1 Å². The summed E-state index contributed by atoms with van der Waals surface area (Å²) in [5.41, 5.74) is 4.66. The average Bonchev–Trinajstić information content (AvgIpc) is 3.15. The average molecular weight is 481 g/mol. The summed E-state index contributed by atoms with van der Waals surface area (Å²) in [6, 6.07) is 16.1. The molecule has 1 aliphatic carbocycles. The van der Waals surface area contributed by atoms with Gasteiger partial charge in [0.25, 0.3) is 0 Å². The molecule has 0 heterocycles. The zero-order valence-electron chi connectivity index (χ0n) is 20.6. The highest BCUT2D eigenvalue weighted by atomic mass is 16.5. The molecule has 35 heavy (non-hydrogen) atoms. The first kappa shape index (κ1) is 26.3. The summed E-state index contributed by atoms with van der Waals surface area (Å²) >= 11 is 0.